The maximum Gasteiger partial charge on any atom is 0.144 e. The Balaban J connectivity index is 1.84. The van der Waals surface area contributed by atoms with Crippen LogP contribution in [0.2, 0.25) is 0 Å². The van der Waals surface area contributed by atoms with E-state index in [9.17, 15) is 5.11 Å². The maximum absolute atomic E-state index is 9.31. The van der Waals surface area contributed by atoms with Crippen LogP contribution in [-0.2, 0) is 6.42 Å². The standard InChI is InChI=1S/C14H16N2O2/c17-12-3-1-11(2-4-12)13-9-16-18-14(13)7-10-5-6-15-8-10/h1-4,9-10,15,17H,5-8H2. The van der Waals surface area contributed by atoms with Gasteiger partial charge in [0.15, 0.2) is 0 Å². The van der Waals surface area contributed by atoms with Crippen LogP contribution >= 0.6 is 0 Å². The number of nitrogens with one attached hydrogen (secondary N) is 1. The van der Waals surface area contributed by atoms with Gasteiger partial charge in [0, 0.05) is 12.0 Å². The van der Waals surface area contributed by atoms with Crippen LogP contribution in [-0.4, -0.2) is 23.4 Å². The quantitative estimate of drug-likeness (QED) is 0.869. The molecule has 0 aliphatic carbocycles. The zero-order valence-corrected chi connectivity index (χ0v) is 10.1. The van der Waals surface area contributed by atoms with Crippen molar-refractivity contribution in [3.05, 3.63) is 36.2 Å². The Morgan fingerprint density at radius 1 is 1.33 bits per heavy atom. The molecule has 94 valence electrons. The molecule has 1 atom stereocenters. The van der Waals surface area contributed by atoms with Crippen molar-refractivity contribution in [1.29, 1.82) is 0 Å². The lowest BCUT2D eigenvalue weighted by Gasteiger charge is -2.06. The molecule has 1 fully saturated rings. The number of phenolic OH excluding ortho intramolecular Hbond substituents is 1. The van der Waals surface area contributed by atoms with Gasteiger partial charge >= 0.3 is 0 Å². The van der Waals surface area contributed by atoms with Gasteiger partial charge in [-0.15, -0.1) is 0 Å². The molecule has 1 aliphatic rings. The van der Waals surface area contributed by atoms with Gasteiger partial charge in [-0.2, -0.15) is 0 Å². The third-order valence-corrected chi connectivity index (χ3v) is 3.46. The summed E-state index contributed by atoms with van der Waals surface area (Å²) in [5.74, 6) is 1.85. The summed E-state index contributed by atoms with van der Waals surface area (Å²) in [6.07, 6.45) is 3.86. The second kappa shape index (κ2) is 4.82. The zero-order chi connectivity index (χ0) is 12.4. The molecule has 1 aromatic carbocycles. The minimum Gasteiger partial charge on any atom is -0.508 e. The molecule has 0 spiro atoms. The van der Waals surface area contributed by atoms with E-state index in [0.29, 0.717) is 5.92 Å². The molecule has 2 aromatic rings. The molecule has 1 saturated heterocycles. The minimum absolute atomic E-state index is 0.275. The summed E-state index contributed by atoms with van der Waals surface area (Å²) in [4.78, 5) is 0. The summed E-state index contributed by atoms with van der Waals surface area (Å²) in [6.45, 7) is 2.14. The fraction of sp³-hybridized carbons (Fsp3) is 0.357. The first-order valence-electron chi connectivity index (χ1n) is 6.26. The number of aromatic hydroxyl groups is 1. The van der Waals surface area contributed by atoms with Crippen LogP contribution in [0.25, 0.3) is 11.1 Å². The van der Waals surface area contributed by atoms with E-state index < -0.39 is 0 Å². The average molecular weight is 244 g/mol. The smallest absolute Gasteiger partial charge is 0.144 e. The van der Waals surface area contributed by atoms with Crippen molar-refractivity contribution in [2.24, 2.45) is 5.92 Å². The Bertz CT molecular complexity index is 513. The third-order valence-electron chi connectivity index (χ3n) is 3.46. The number of phenols is 1. The van der Waals surface area contributed by atoms with Crippen LogP contribution in [0.3, 0.4) is 0 Å². The summed E-state index contributed by atoms with van der Waals surface area (Å²) < 4.78 is 5.37. The molecule has 1 aliphatic heterocycles. The number of hydrogen-bond donors (Lipinski definition) is 2. The van der Waals surface area contributed by atoms with E-state index in [0.717, 1.165) is 36.4 Å². The normalized spacial score (nSPS) is 19.2. The third kappa shape index (κ3) is 2.24. The monoisotopic (exact) mass is 244 g/mol. The summed E-state index contributed by atoms with van der Waals surface area (Å²) in [5, 5.41) is 16.6. The summed E-state index contributed by atoms with van der Waals surface area (Å²) in [7, 11) is 0. The first-order valence-corrected chi connectivity index (χ1v) is 6.26. The first-order chi connectivity index (χ1) is 8.83. The van der Waals surface area contributed by atoms with E-state index in [1.54, 1.807) is 18.3 Å². The van der Waals surface area contributed by atoms with Crippen molar-refractivity contribution in [3.63, 3.8) is 0 Å². The Morgan fingerprint density at radius 2 is 2.17 bits per heavy atom. The van der Waals surface area contributed by atoms with Crippen molar-refractivity contribution < 1.29 is 9.63 Å². The van der Waals surface area contributed by atoms with Crippen molar-refractivity contribution in [1.82, 2.24) is 10.5 Å². The summed E-state index contributed by atoms with van der Waals surface area (Å²) in [5.41, 5.74) is 2.07. The van der Waals surface area contributed by atoms with E-state index in [1.807, 2.05) is 12.1 Å². The van der Waals surface area contributed by atoms with Crippen LogP contribution in [0.4, 0.5) is 0 Å². The number of hydrogen-bond acceptors (Lipinski definition) is 4. The van der Waals surface area contributed by atoms with Crippen LogP contribution < -0.4 is 5.32 Å². The highest BCUT2D eigenvalue weighted by Gasteiger charge is 2.19. The lowest BCUT2D eigenvalue weighted by Crippen LogP contribution is -2.10. The van der Waals surface area contributed by atoms with Crippen LogP contribution in [0.15, 0.2) is 35.0 Å². The molecule has 1 unspecified atom stereocenters. The van der Waals surface area contributed by atoms with Crippen molar-refractivity contribution >= 4 is 0 Å². The minimum atomic E-state index is 0.275. The van der Waals surface area contributed by atoms with Crippen molar-refractivity contribution in [2.75, 3.05) is 13.1 Å². The molecular formula is C14H16N2O2. The molecule has 0 bridgehead atoms. The molecule has 0 amide bonds. The van der Waals surface area contributed by atoms with E-state index in [1.165, 1.54) is 6.42 Å². The fourth-order valence-corrected chi connectivity index (χ4v) is 2.44. The van der Waals surface area contributed by atoms with Crippen LogP contribution in [0, 0.1) is 5.92 Å². The van der Waals surface area contributed by atoms with Gasteiger partial charge in [0.05, 0.1) is 6.20 Å². The van der Waals surface area contributed by atoms with Crippen LogP contribution in [0.5, 0.6) is 5.75 Å². The maximum atomic E-state index is 9.31. The van der Waals surface area contributed by atoms with Gasteiger partial charge in [-0.05, 0) is 43.1 Å². The van der Waals surface area contributed by atoms with Gasteiger partial charge in [0.25, 0.3) is 0 Å². The Morgan fingerprint density at radius 3 is 2.89 bits per heavy atom. The predicted molar refractivity (Wildman–Crippen MR) is 68.3 cm³/mol. The van der Waals surface area contributed by atoms with E-state index in [2.05, 4.69) is 10.5 Å². The Kier molecular flexibility index (Phi) is 3.02. The topological polar surface area (TPSA) is 58.3 Å². The van der Waals surface area contributed by atoms with Crippen LogP contribution in [0.1, 0.15) is 12.2 Å². The highest BCUT2D eigenvalue weighted by Crippen LogP contribution is 2.28. The number of nitrogens with zero attached hydrogens (tertiary/aromatic N) is 1. The van der Waals surface area contributed by atoms with Gasteiger partial charge in [-0.3, -0.25) is 0 Å². The average Bonchev–Trinajstić information content (AvgIpc) is 3.02. The Labute approximate surface area is 106 Å². The SMILES string of the molecule is Oc1ccc(-c2cnoc2CC2CCNC2)cc1. The molecular weight excluding hydrogens is 228 g/mol. The van der Waals surface area contributed by atoms with Crippen molar-refractivity contribution in [3.8, 4) is 16.9 Å². The number of rotatable bonds is 3. The zero-order valence-electron chi connectivity index (χ0n) is 10.1. The molecule has 3 rings (SSSR count). The van der Waals surface area contributed by atoms with Gasteiger partial charge in [-0.25, -0.2) is 0 Å². The fourth-order valence-electron chi connectivity index (χ4n) is 2.44. The number of aromatic nitrogens is 1. The van der Waals surface area contributed by atoms with E-state index >= 15 is 0 Å². The van der Waals surface area contributed by atoms with Gasteiger partial charge in [0.1, 0.15) is 11.5 Å². The molecule has 4 heteroatoms. The molecule has 2 heterocycles. The second-order valence-electron chi connectivity index (χ2n) is 4.77. The summed E-state index contributed by atoms with van der Waals surface area (Å²) in [6, 6.07) is 7.14. The molecule has 1 aromatic heterocycles. The van der Waals surface area contributed by atoms with Crippen molar-refractivity contribution in [2.45, 2.75) is 12.8 Å². The first kappa shape index (κ1) is 11.3. The number of benzene rings is 1. The predicted octanol–water partition coefficient (Wildman–Crippen LogP) is 2.20. The lowest BCUT2D eigenvalue weighted by atomic mass is 9.98. The highest BCUT2D eigenvalue weighted by molar-refractivity contribution is 5.65. The molecule has 0 saturated carbocycles. The van der Waals surface area contributed by atoms with Gasteiger partial charge < -0.3 is 14.9 Å². The van der Waals surface area contributed by atoms with E-state index in [4.69, 9.17) is 4.52 Å². The van der Waals surface area contributed by atoms with E-state index in [-0.39, 0.29) is 5.75 Å². The van der Waals surface area contributed by atoms with Gasteiger partial charge in [0.2, 0.25) is 0 Å². The summed E-state index contributed by atoms with van der Waals surface area (Å²) >= 11 is 0. The largest absolute Gasteiger partial charge is 0.508 e. The second-order valence-corrected chi connectivity index (χ2v) is 4.77. The lowest BCUT2D eigenvalue weighted by molar-refractivity contribution is 0.364. The van der Waals surface area contributed by atoms with Gasteiger partial charge in [-0.1, -0.05) is 17.3 Å². The molecule has 2 N–H and O–H groups in total. The Hall–Kier alpha value is -1.81. The molecule has 4 nitrogen and oxygen atoms in total. The molecule has 0 radical (unpaired) electrons. The highest BCUT2D eigenvalue weighted by atomic mass is 16.5. The molecule has 18 heavy (non-hydrogen) atoms.